The maximum absolute atomic E-state index is 12.7. The predicted octanol–water partition coefficient (Wildman–Crippen LogP) is 4.48. The molecule has 0 spiro atoms. The molecule has 1 amide bonds. The molecule has 2 aliphatic rings. The van der Waals surface area contributed by atoms with Crippen molar-refractivity contribution in [2.75, 3.05) is 13.1 Å². The highest BCUT2D eigenvalue weighted by Gasteiger charge is 2.32. The molecule has 1 aromatic heterocycles. The molecule has 1 saturated heterocycles. The van der Waals surface area contributed by atoms with Crippen molar-refractivity contribution in [3.8, 4) is 0 Å². The van der Waals surface area contributed by atoms with Crippen molar-refractivity contribution in [1.82, 2.24) is 14.8 Å². The van der Waals surface area contributed by atoms with Crippen molar-refractivity contribution < 1.29 is 22.4 Å². The Morgan fingerprint density at radius 2 is 1.79 bits per heavy atom. The lowest BCUT2D eigenvalue weighted by molar-refractivity contribution is -0.137. The Labute approximate surface area is 167 Å². The van der Waals surface area contributed by atoms with Gasteiger partial charge in [-0.1, -0.05) is 12.1 Å². The van der Waals surface area contributed by atoms with Gasteiger partial charge in [0.25, 0.3) is 5.91 Å². The molecule has 156 valence electrons. The molecule has 0 radical (unpaired) electrons. The Hall–Kier alpha value is -2.35. The summed E-state index contributed by atoms with van der Waals surface area (Å²) in [6.07, 6.45) is 2.34. The van der Waals surface area contributed by atoms with Gasteiger partial charge in [-0.25, -0.2) is 4.98 Å². The zero-order chi connectivity index (χ0) is 20.4. The summed E-state index contributed by atoms with van der Waals surface area (Å²) in [6, 6.07) is 5.62. The molecule has 29 heavy (non-hydrogen) atoms. The fraction of sp³-hybridized carbons (Fsp3) is 0.524. The number of aromatic nitrogens is 1. The fourth-order valence-electron chi connectivity index (χ4n) is 3.70. The van der Waals surface area contributed by atoms with Crippen LogP contribution in [0.4, 0.5) is 13.2 Å². The highest BCUT2D eigenvalue weighted by molar-refractivity contribution is 5.92. The minimum Gasteiger partial charge on any atom is -0.447 e. The lowest BCUT2D eigenvalue weighted by Crippen LogP contribution is -2.35. The normalized spacial score (nSPS) is 17.7. The number of hydrogen-bond acceptors (Lipinski definition) is 4. The van der Waals surface area contributed by atoms with E-state index in [4.69, 9.17) is 4.42 Å². The van der Waals surface area contributed by atoms with E-state index in [1.807, 2.05) is 4.90 Å². The first kappa shape index (κ1) is 19.9. The summed E-state index contributed by atoms with van der Waals surface area (Å²) in [4.78, 5) is 20.9. The number of benzene rings is 1. The van der Waals surface area contributed by atoms with E-state index in [0.717, 1.165) is 62.9 Å². The van der Waals surface area contributed by atoms with Crippen LogP contribution < -0.4 is 0 Å². The van der Waals surface area contributed by atoms with E-state index in [0.29, 0.717) is 30.7 Å². The monoisotopic (exact) mass is 407 g/mol. The number of amides is 1. The second-order valence-electron chi connectivity index (χ2n) is 7.81. The molecule has 5 nitrogen and oxygen atoms in total. The first-order valence-electron chi connectivity index (χ1n) is 10.0. The molecule has 2 heterocycles. The van der Waals surface area contributed by atoms with E-state index in [2.05, 4.69) is 9.88 Å². The van der Waals surface area contributed by atoms with Gasteiger partial charge >= 0.3 is 6.18 Å². The zero-order valence-electron chi connectivity index (χ0n) is 16.1. The first-order valence-corrected chi connectivity index (χ1v) is 10.0. The van der Waals surface area contributed by atoms with Gasteiger partial charge in [0.05, 0.1) is 12.1 Å². The Morgan fingerprint density at radius 3 is 2.41 bits per heavy atom. The third-order valence-corrected chi connectivity index (χ3v) is 5.48. The van der Waals surface area contributed by atoms with E-state index in [1.54, 1.807) is 0 Å². The molecule has 1 aromatic carbocycles. The van der Waals surface area contributed by atoms with E-state index in [-0.39, 0.29) is 5.91 Å². The van der Waals surface area contributed by atoms with E-state index < -0.39 is 11.7 Å². The van der Waals surface area contributed by atoms with Gasteiger partial charge in [0.2, 0.25) is 5.89 Å². The fourth-order valence-corrected chi connectivity index (χ4v) is 3.70. The van der Waals surface area contributed by atoms with Gasteiger partial charge in [0.1, 0.15) is 6.26 Å². The number of halogens is 3. The highest BCUT2D eigenvalue weighted by Crippen LogP contribution is 2.32. The molecule has 1 saturated carbocycles. The number of carbonyl (C=O) groups excluding carboxylic acids is 1. The second kappa shape index (κ2) is 8.18. The van der Waals surface area contributed by atoms with Crippen LogP contribution in [0.15, 0.2) is 34.9 Å². The number of nitrogens with zero attached hydrogens (tertiary/aromatic N) is 3. The SMILES string of the molecule is O=C(c1coc(CN(Cc2ccc(C(F)(F)F)cc2)C2CC2)n1)N1CCCCC1. The van der Waals surface area contributed by atoms with Crippen molar-refractivity contribution >= 4 is 5.91 Å². The molecule has 0 N–H and O–H groups in total. The largest absolute Gasteiger partial charge is 0.447 e. The average Bonchev–Trinajstić information content (AvgIpc) is 3.46. The molecule has 2 aromatic rings. The second-order valence-corrected chi connectivity index (χ2v) is 7.81. The molecule has 1 aliphatic carbocycles. The molecule has 4 rings (SSSR count). The van der Waals surface area contributed by atoms with Crippen molar-refractivity contribution in [2.24, 2.45) is 0 Å². The Balaban J connectivity index is 1.40. The Morgan fingerprint density at radius 1 is 1.10 bits per heavy atom. The molecule has 8 heteroatoms. The smallest absolute Gasteiger partial charge is 0.416 e. The van der Waals surface area contributed by atoms with Crippen molar-refractivity contribution in [3.05, 3.63) is 53.2 Å². The van der Waals surface area contributed by atoms with Crippen LogP contribution >= 0.6 is 0 Å². The van der Waals surface area contributed by atoms with Gasteiger partial charge in [0.15, 0.2) is 5.69 Å². The summed E-state index contributed by atoms with van der Waals surface area (Å²) in [5, 5.41) is 0. The Bertz CT molecular complexity index is 838. The quantitative estimate of drug-likeness (QED) is 0.708. The van der Waals surface area contributed by atoms with Gasteiger partial charge < -0.3 is 9.32 Å². The summed E-state index contributed by atoms with van der Waals surface area (Å²) in [5.41, 5.74) is 0.487. The van der Waals surface area contributed by atoms with Crippen molar-refractivity contribution in [2.45, 2.75) is 57.4 Å². The van der Waals surface area contributed by atoms with Crippen LogP contribution in [-0.2, 0) is 19.3 Å². The molecule has 2 fully saturated rings. The van der Waals surface area contributed by atoms with Crippen LogP contribution in [0.3, 0.4) is 0 Å². The summed E-state index contributed by atoms with van der Waals surface area (Å²) in [5.74, 6) is 0.365. The third-order valence-electron chi connectivity index (χ3n) is 5.48. The maximum atomic E-state index is 12.7. The topological polar surface area (TPSA) is 49.6 Å². The van der Waals surface area contributed by atoms with Crippen LogP contribution in [0.5, 0.6) is 0 Å². The summed E-state index contributed by atoms with van der Waals surface area (Å²) in [6.45, 7) is 2.45. The number of piperidine rings is 1. The van der Waals surface area contributed by atoms with Crippen LogP contribution in [-0.4, -0.2) is 39.8 Å². The van der Waals surface area contributed by atoms with Gasteiger partial charge in [-0.3, -0.25) is 9.69 Å². The predicted molar refractivity (Wildman–Crippen MR) is 100.0 cm³/mol. The maximum Gasteiger partial charge on any atom is 0.416 e. The minimum absolute atomic E-state index is 0.0968. The molecule has 0 unspecified atom stereocenters. The number of carbonyl (C=O) groups is 1. The lowest BCUT2D eigenvalue weighted by atomic mass is 10.1. The standard InChI is InChI=1S/C21H24F3N3O2/c22-21(23,24)16-6-4-15(5-7-16)12-27(17-8-9-17)13-19-25-18(14-29-19)20(28)26-10-2-1-3-11-26/h4-7,14,17H,1-3,8-13H2. The van der Waals surface area contributed by atoms with Gasteiger partial charge in [-0.2, -0.15) is 13.2 Å². The minimum atomic E-state index is -4.33. The molecular weight excluding hydrogens is 383 g/mol. The number of hydrogen-bond donors (Lipinski definition) is 0. The van der Waals surface area contributed by atoms with E-state index in [9.17, 15) is 18.0 Å². The summed E-state index contributed by atoms with van der Waals surface area (Å²) in [7, 11) is 0. The van der Waals surface area contributed by atoms with E-state index >= 15 is 0 Å². The van der Waals surface area contributed by atoms with Gasteiger partial charge in [-0.05, 0) is 49.8 Å². The summed E-state index contributed by atoms with van der Waals surface area (Å²) < 4.78 is 43.8. The molecule has 1 aliphatic heterocycles. The lowest BCUT2D eigenvalue weighted by Gasteiger charge is -2.25. The van der Waals surface area contributed by atoms with Crippen LogP contribution in [0.2, 0.25) is 0 Å². The summed E-state index contributed by atoms with van der Waals surface area (Å²) >= 11 is 0. The number of oxazole rings is 1. The average molecular weight is 407 g/mol. The van der Waals surface area contributed by atoms with Crippen molar-refractivity contribution in [3.63, 3.8) is 0 Å². The third kappa shape index (κ3) is 4.98. The van der Waals surface area contributed by atoms with E-state index in [1.165, 1.54) is 18.4 Å². The molecular formula is C21H24F3N3O2. The molecule has 0 atom stereocenters. The zero-order valence-corrected chi connectivity index (χ0v) is 16.1. The van der Waals surface area contributed by atoms with Crippen LogP contribution in [0.1, 0.15) is 59.6 Å². The van der Waals surface area contributed by atoms with Gasteiger partial charge in [0, 0.05) is 25.7 Å². The van der Waals surface area contributed by atoms with Crippen LogP contribution in [0.25, 0.3) is 0 Å². The first-order chi connectivity index (χ1) is 13.9. The van der Waals surface area contributed by atoms with Gasteiger partial charge in [-0.15, -0.1) is 0 Å². The van der Waals surface area contributed by atoms with Crippen molar-refractivity contribution in [1.29, 1.82) is 0 Å². The number of likely N-dealkylation sites (tertiary alicyclic amines) is 1. The number of rotatable bonds is 6. The number of alkyl halides is 3. The Kier molecular flexibility index (Phi) is 5.63. The highest BCUT2D eigenvalue weighted by atomic mass is 19.4. The van der Waals surface area contributed by atoms with Crippen LogP contribution in [0, 0.1) is 0 Å². The molecule has 0 bridgehead atoms.